The quantitative estimate of drug-likeness (QED) is 0.103. The van der Waals surface area contributed by atoms with Crippen molar-refractivity contribution in [2.45, 2.75) is 31.1 Å². The number of nitro groups is 1. The Hall–Kier alpha value is -5.34. The number of hydrogen-bond acceptors (Lipinski definition) is 10. The lowest BCUT2D eigenvalue weighted by atomic mass is 10.0. The summed E-state index contributed by atoms with van der Waals surface area (Å²) in [5.74, 6) is 0.633. The lowest BCUT2D eigenvalue weighted by molar-refractivity contribution is -0.384. The molecule has 1 N–H and O–H groups in total. The molecule has 0 aliphatic carbocycles. The highest BCUT2D eigenvalue weighted by atomic mass is 32.2. The molecular weight excluding hydrogens is 639 g/mol. The van der Waals surface area contributed by atoms with Crippen LogP contribution >= 0.6 is 23.1 Å². The minimum absolute atomic E-state index is 0.0331. The molecule has 6 rings (SSSR count). The van der Waals surface area contributed by atoms with E-state index in [9.17, 15) is 19.7 Å². The Kier molecular flexibility index (Phi) is 9.40. The molecule has 12 nitrogen and oxygen atoms in total. The number of hydrazone groups is 1. The number of carbonyl (C=O) groups is 2. The van der Waals surface area contributed by atoms with Crippen LogP contribution in [0.4, 0.5) is 5.69 Å². The van der Waals surface area contributed by atoms with Gasteiger partial charge in [-0.15, -0.1) is 21.5 Å². The van der Waals surface area contributed by atoms with Crippen LogP contribution in [0.3, 0.4) is 0 Å². The smallest absolute Gasteiger partial charge is 0.269 e. The summed E-state index contributed by atoms with van der Waals surface area (Å²) >= 11 is 2.82. The number of nitrogens with one attached hydrogen (secondary N) is 1. The maximum atomic E-state index is 13.8. The standard InChI is InChI=1S/C33H29N7O5S2/c1-21-5-3-6-25(17-21)38-30(19-34-32(42)23-8-12-24(13-9-23)40(43)44)35-36-33(38)47-20-31(41)39-28(22-10-14-26(45-2)15-11-22)18-27(37-39)29-7-4-16-46-29/h3-17,28H,18-20H2,1-2H3,(H,34,42)/t28-/m0/s1. The maximum absolute atomic E-state index is 13.8. The number of methoxy groups -OCH3 is 1. The Morgan fingerprint density at radius 3 is 2.53 bits per heavy atom. The fraction of sp³-hybridized carbons (Fsp3) is 0.182. The zero-order valence-electron chi connectivity index (χ0n) is 25.4. The highest BCUT2D eigenvalue weighted by Gasteiger charge is 2.34. The maximum Gasteiger partial charge on any atom is 0.269 e. The van der Waals surface area contributed by atoms with Gasteiger partial charge in [0.15, 0.2) is 11.0 Å². The van der Waals surface area contributed by atoms with E-state index in [-0.39, 0.29) is 35.5 Å². The van der Waals surface area contributed by atoms with Crippen LogP contribution in [-0.2, 0) is 11.3 Å². The molecular formula is C33H29N7O5S2. The van der Waals surface area contributed by atoms with Crippen molar-refractivity contribution in [3.05, 3.63) is 128 Å². The van der Waals surface area contributed by atoms with Crippen LogP contribution in [0.5, 0.6) is 5.75 Å². The first-order valence-electron chi connectivity index (χ1n) is 14.5. The molecule has 1 atom stereocenters. The number of aryl methyl sites for hydroxylation is 1. The van der Waals surface area contributed by atoms with Crippen molar-refractivity contribution < 1.29 is 19.2 Å². The third-order valence-electron chi connectivity index (χ3n) is 7.50. The third-order valence-corrected chi connectivity index (χ3v) is 9.34. The lowest BCUT2D eigenvalue weighted by Crippen LogP contribution is -2.28. The van der Waals surface area contributed by atoms with Gasteiger partial charge in [-0.2, -0.15) is 5.10 Å². The normalized spacial score (nSPS) is 14.1. The summed E-state index contributed by atoms with van der Waals surface area (Å²) in [7, 11) is 1.61. The summed E-state index contributed by atoms with van der Waals surface area (Å²) in [5, 5.41) is 31.3. The zero-order valence-corrected chi connectivity index (χ0v) is 27.0. The Balaban J connectivity index is 1.22. The SMILES string of the molecule is COc1ccc([C@@H]2CC(c3cccs3)=NN2C(=O)CSc2nnc(CNC(=O)c3ccc([N+](=O)[O-])cc3)n2-c2cccc(C)c2)cc1. The molecule has 3 heterocycles. The van der Waals surface area contributed by atoms with E-state index in [1.54, 1.807) is 23.5 Å². The van der Waals surface area contributed by atoms with E-state index in [0.717, 1.165) is 33.2 Å². The summed E-state index contributed by atoms with van der Waals surface area (Å²) < 4.78 is 7.14. The second kappa shape index (κ2) is 14.0. The van der Waals surface area contributed by atoms with Gasteiger partial charge < -0.3 is 10.1 Å². The van der Waals surface area contributed by atoms with Crippen LogP contribution in [0.25, 0.3) is 5.69 Å². The largest absolute Gasteiger partial charge is 0.497 e. The summed E-state index contributed by atoms with van der Waals surface area (Å²) in [5.41, 5.74) is 3.77. The van der Waals surface area contributed by atoms with Gasteiger partial charge in [-0.25, -0.2) is 5.01 Å². The highest BCUT2D eigenvalue weighted by molar-refractivity contribution is 7.99. The lowest BCUT2D eigenvalue weighted by Gasteiger charge is -2.22. The van der Waals surface area contributed by atoms with Crippen molar-refractivity contribution in [2.75, 3.05) is 12.9 Å². The van der Waals surface area contributed by atoms with Crippen molar-refractivity contribution in [3.63, 3.8) is 0 Å². The number of non-ortho nitro benzene ring substituents is 1. The zero-order chi connectivity index (χ0) is 32.9. The minimum atomic E-state index is -0.520. The second-order valence-electron chi connectivity index (χ2n) is 10.6. The van der Waals surface area contributed by atoms with Crippen LogP contribution in [0.1, 0.15) is 44.6 Å². The van der Waals surface area contributed by atoms with E-state index in [2.05, 4.69) is 15.5 Å². The topological polar surface area (TPSA) is 145 Å². The van der Waals surface area contributed by atoms with Gasteiger partial charge in [-0.05, 0) is 65.9 Å². The Bertz CT molecular complexity index is 1940. The first kappa shape index (κ1) is 31.6. The predicted octanol–water partition coefficient (Wildman–Crippen LogP) is 5.95. The van der Waals surface area contributed by atoms with Crippen LogP contribution in [0.15, 0.2) is 101 Å². The molecule has 238 valence electrons. The molecule has 0 saturated carbocycles. The molecule has 0 fully saturated rings. The average molecular weight is 668 g/mol. The summed E-state index contributed by atoms with van der Waals surface area (Å²) in [6.45, 7) is 2.00. The van der Waals surface area contributed by atoms with Crippen LogP contribution in [0, 0.1) is 17.0 Å². The Morgan fingerprint density at radius 1 is 1.06 bits per heavy atom. The van der Waals surface area contributed by atoms with E-state index in [4.69, 9.17) is 9.84 Å². The van der Waals surface area contributed by atoms with Crippen molar-refractivity contribution in [2.24, 2.45) is 5.10 Å². The first-order chi connectivity index (χ1) is 22.8. The number of nitro benzene ring substituents is 1. The van der Waals surface area contributed by atoms with E-state index in [0.29, 0.717) is 17.4 Å². The highest BCUT2D eigenvalue weighted by Crippen LogP contribution is 2.35. The van der Waals surface area contributed by atoms with Crippen molar-refractivity contribution in [1.82, 2.24) is 25.1 Å². The summed E-state index contributed by atoms with van der Waals surface area (Å²) in [6, 6.07) is 24.5. The van der Waals surface area contributed by atoms with Crippen LogP contribution < -0.4 is 10.1 Å². The molecule has 0 bridgehead atoms. The van der Waals surface area contributed by atoms with Crippen LogP contribution in [0.2, 0.25) is 0 Å². The van der Waals surface area contributed by atoms with Crippen molar-refractivity contribution >= 4 is 46.3 Å². The number of carbonyl (C=O) groups excluding carboxylic acids is 2. The molecule has 2 amide bonds. The molecule has 1 aliphatic heterocycles. The number of thiophene rings is 1. The van der Waals surface area contributed by atoms with E-state index >= 15 is 0 Å². The fourth-order valence-corrected chi connectivity index (χ4v) is 6.68. The molecule has 5 aromatic rings. The molecule has 0 radical (unpaired) electrons. The van der Waals surface area contributed by atoms with E-state index < -0.39 is 10.8 Å². The molecule has 2 aromatic heterocycles. The van der Waals surface area contributed by atoms with Gasteiger partial charge in [-0.1, -0.05) is 42.1 Å². The third kappa shape index (κ3) is 7.08. The van der Waals surface area contributed by atoms with Gasteiger partial charge in [0.25, 0.3) is 17.5 Å². The number of ether oxygens (including phenoxy) is 1. The van der Waals surface area contributed by atoms with Gasteiger partial charge in [0.2, 0.25) is 0 Å². The van der Waals surface area contributed by atoms with E-state index in [1.165, 1.54) is 36.0 Å². The van der Waals surface area contributed by atoms with Gasteiger partial charge in [0.1, 0.15) is 5.75 Å². The van der Waals surface area contributed by atoms with Gasteiger partial charge in [-0.3, -0.25) is 24.3 Å². The number of benzene rings is 3. The number of amides is 2. The number of hydrogen-bond donors (Lipinski definition) is 1. The molecule has 14 heteroatoms. The number of thioether (sulfide) groups is 1. The Morgan fingerprint density at radius 2 is 1.85 bits per heavy atom. The van der Waals surface area contributed by atoms with E-state index in [1.807, 2.05) is 77.5 Å². The number of aromatic nitrogens is 3. The van der Waals surface area contributed by atoms with Gasteiger partial charge in [0, 0.05) is 29.8 Å². The summed E-state index contributed by atoms with van der Waals surface area (Å²) in [4.78, 5) is 38.1. The monoisotopic (exact) mass is 667 g/mol. The van der Waals surface area contributed by atoms with Crippen molar-refractivity contribution in [3.8, 4) is 11.4 Å². The molecule has 0 spiro atoms. The second-order valence-corrected chi connectivity index (χ2v) is 12.5. The molecule has 0 unspecified atom stereocenters. The van der Waals surface area contributed by atoms with Crippen LogP contribution in [-0.4, -0.2) is 55.1 Å². The fourth-order valence-electron chi connectivity index (χ4n) is 5.14. The first-order valence-corrected chi connectivity index (χ1v) is 16.4. The average Bonchev–Trinajstić information content (AvgIpc) is 3.86. The number of rotatable bonds is 11. The summed E-state index contributed by atoms with van der Waals surface area (Å²) in [6.07, 6.45) is 0.585. The molecule has 1 aliphatic rings. The number of nitrogens with zero attached hydrogens (tertiary/aromatic N) is 6. The molecule has 47 heavy (non-hydrogen) atoms. The predicted molar refractivity (Wildman–Crippen MR) is 179 cm³/mol. The van der Waals surface area contributed by atoms with Gasteiger partial charge >= 0.3 is 0 Å². The molecule has 3 aromatic carbocycles. The molecule has 0 saturated heterocycles. The van der Waals surface area contributed by atoms with Crippen molar-refractivity contribution in [1.29, 1.82) is 0 Å². The minimum Gasteiger partial charge on any atom is -0.497 e. The van der Waals surface area contributed by atoms with Gasteiger partial charge in [0.05, 0.1) is 41.0 Å². The Labute approximate surface area is 278 Å².